The molecule has 0 aliphatic heterocycles. The Morgan fingerprint density at radius 2 is 2.00 bits per heavy atom. The number of hydrogen-bond acceptors (Lipinski definition) is 4. The molecule has 0 bridgehead atoms. The maximum absolute atomic E-state index is 12.0. The van der Waals surface area contributed by atoms with Crippen LogP contribution in [0.25, 0.3) is 0 Å². The number of anilines is 1. The molecule has 0 saturated heterocycles. The van der Waals surface area contributed by atoms with Crippen LogP contribution in [0.3, 0.4) is 0 Å². The number of hydrogen-bond donors (Lipinski definition) is 3. The van der Waals surface area contributed by atoms with Crippen molar-refractivity contribution in [3.8, 4) is 0 Å². The summed E-state index contributed by atoms with van der Waals surface area (Å²) in [6.07, 6.45) is -2.76. The van der Waals surface area contributed by atoms with Crippen molar-refractivity contribution in [2.24, 2.45) is 0 Å². The molecule has 6 nitrogen and oxygen atoms in total. The minimum Gasteiger partial charge on any atom is -0.478 e. The number of alkyl halides is 3. The monoisotopic (exact) mass is 344 g/mol. The number of rotatable bonds is 5. The minimum absolute atomic E-state index is 0.165. The number of carbonyl (C=O) groups is 1. The number of carboxylic acid groups (broad SMARTS) is 1. The second-order valence-corrected chi connectivity index (χ2v) is 7.01. The third kappa shape index (κ3) is 3.86. The summed E-state index contributed by atoms with van der Waals surface area (Å²) in [5.41, 5.74) is 0.380. The van der Waals surface area contributed by atoms with E-state index in [0.29, 0.717) is 18.4 Å². The standard InChI is InChI=1S/C10H11F3N2O4S2/c11-10(12,13)4-14-21(18,19)15-8-7(9(16)17)5-2-1-3-6(5)20-8/h14-15H,1-4H2,(H,16,17). The van der Waals surface area contributed by atoms with Crippen molar-refractivity contribution < 1.29 is 31.5 Å². The van der Waals surface area contributed by atoms with Crippen molar-refractivity contribution in [2.75, 3.05) is 11.3 Å². The number of carboxylic acids is 1. The van der Waals surface area contributed by atoms with Gasteiger partial charge < -0.3 is 5.11 Å². The first kappa shape index (κ1) is 16.0. The van der Waals surface area contributed by atoms with E-state index in [9.17, 15) is 26.4 Å². The average molecular weight is 344 g/mol. The Morgan fingerprint density at radius 1 is 1.33 bits per heavy atom. The van der Waals surface area contributed by atoms with E-state index in [4.69, 9.17) is 5.11 Å². The first-order chi connectivity index (χ1) is 9.59. The van der Waals surface area contributed by atoms with E-state index in [1.54, 1.807) is 0 Å². The SMILES string of the molecule is O=C(O)c1c(NS(=O)(=O)NCC(F)(F)F)sc2c1CCC2. The quantitative estimate of drug-likeness (QED) is 0.758. The molecule has 0 radical (unpaired) electrons. The van der Waals surface area contributed by atoms with E-state index in [2.05, 4.69) is 0 Å². The zero-order valence-electron chi connectivity index (χ0n) is 10.5. The van der Waals surface area contributed by atoms with Gasteiger partial charge in [0.15, 0.2) is 0 Å². The number of nitrogens with one attached hydrogen (secondary N) is 2. The van der Waals surface area contributed by atoms with Crippen LogP contribution in [0.2, 0.25) is 0 Å². The van der Waals surface area contributed by atoms with Crippen LogP contribution in [0.15, 0.2) is 0 Å². The highest BCUT2D eigenvalue weighted by molar-refractivity contribution is 7.91. The number of halogens is 3. The largest absolute Gasteiger partial charge is 0.478 e. The molecule has 11 heteroatoms. The van der Waals surface area contributed by atoms with Gasteiger partial charge >= 0.3 is 12.1 Å². The maximum Gasteiger partial charge on any atom is 0.402 e. The average Bonchev–Trinajstić information content (AvgIpc) is 2.84. The van der Waals surface area contributed by atoms with Gasteiger partial charge in [-0.1, -0.05) is 0 Å². The van der Waals surface area contributed by atoms with Gasteiger partial charge in [0, 0.05) is 4.88 Å². The van der Waals surface area contributed by atoms with Gasteiger partial charge in [0.25, 0.3) is 10.2 Å². The molecule has 0 amide bonds. The fourth-order valence-electron chi connectivity index (χ4n) is 2.04. The van der Waals surface area contributed by atoms with Gasteiger partial charge in [-0.15, -0.1) is 11.3 Å². The molecule has 3 N–H and O–H groups in total. The summed E-state index contributed by atoms with van der Waals surface area (Å²) in [6, 6.07) is 0. The van der Waals surface area contributed by atoms with Crippen molar-refractivity contribution in [1.29, 1.82) is 0 Å². The fourth-order valence-corrected chi connectivity index (χ4v) is 4.44. The Morgan fingerprint density at radius 3 is 2.57 bits per heavy atom. The highest BCUT2D eigenvalue weighted by Crippen LogP contribution is 2.39. The number of thiophene rings is 1. The molecule has 1 aliphatic carbocycles. The molecule has 0 atom stereocenters. The third-order valence-electron chi connectivity index (χ3n) is 2.82. The predicted molar refractivity (Wildman–Crippen MR) is 69.9 cm³/mol. The lowest BCUT2D eigenvalue weighted by molar-refractivity contribution is -0.121. The van der Waals surface area contributed by atoms with Gasteiger partial charge in [-0.05, 0) is 24.8 Å². The van der Waals surface area contributed by atoms with Gasteiger partial charge in [0.2, 0.25) is 0 Å². The van der Waals surface area contributed by atoms with Crippen molar-refractivity contribution >= 4 is 32.5 Å². The van der Waals surface area contributed by atoms with Gasteiger partial charge in [-0.2, -0.15) is 26.3 Å². The molecule has 0 aromatic carbocycles. The summed E-state index contributed by atoms with van der Waals surface area (Å²) in [6.45, 7) is -1.73. The van der Waals surface area contributed by atoms with Crippen molar-refractivity contribution in [3.05, 3.63) is 16.0 Å². The normalized spacial score (nSPS) is 15.0. The van der Waals surface area contributed by atoms with Crippen LogP contribution in [-0.4, -0.2) is 32.2 Å². The van der Waals surface area contributed by atoms with E-state index in [1.807, 2.05) is 4.72 Å². The lowest BCUT2D eigenvalue weighted by atomic mass is 10.1. The van der Waals surface area contributed by atoms with Crippen LogP contribution < -0.4 is 9.44 Å². The van der Waals surface area contributed by atoms with Crippen LogP contribution in [0.1, 0.15) is 27.2 Å². The molecule has 21 heavy (non-hydrogen) atoms. The lowest BCUT2D eigenvalue weighted by Gasteiger charge is -2.11. The molecule has 0 spiro atoms. The van der Waals surface area contributed by atoms with Crippen molar-refractivity contribution in [3.63, 3.8) is 0 Å². The summed E-state index contributed by atoms with van der Waals surface area (Å²) in [7, 11) is -4.48. The van der Waals surface area contributed by atoms with Gasteiger partial charge in [0.05, 0.1) is 5.56 Å². The molecule has 0 saturated carbocycles. The van der Waals surface area contributed by atoms with E-state index in [-0.39, 0.29) is 10.6 Å². The van der Waals surface area contributed by atoms with Gasteiger partial charge in [-0.3, -0.25) is 4.72 Å². The predicted octanol–water partition coefficient (Wildman–Crippen LogP) is 1.74. The molecule has 1 heterocycles. The number of fused-ring (bicyclic) bond motifs is 1. The third-order valence-corrected chi connectivity index (χ3v) is 5.16. The molecule has 0 fully saturated rings. The van der Waals surface area contributed by atoms with E-state index < -0.39 is 28.9 Å². The minimum atomic E-state index is -4.69. The summed E-state index contributed by atoms with van der Waals surface area (Å²) >= 11 is 0.945. The molecule has 118 valence electrons. The summed E-state index contributed by atoms with van der Waals surface area (Å²) in [4.78, 5) is 12.0. The molecule has 1 aromatic rings. The molecule has 1 aliphatic rings. The molecule has 2 rings (SSSR count). The Bertz CT molecular complexity index is 667. The van der Waals surface area contributed by atoms with Crippen LogP contribution >= 0.6 is 11.3 Å². The molecule has 1 aromatic heterocycles. The van der Waals surface area contributed by atoms with Gasteiger partial charge in [0.1, 0.15) is 11.5 Å². The maximum atomic E-state index is 12.0. The second-order valence-electron chi connectivity index (χ2n) is 4.41. The summed E-state index contributed by atoms with van der Waals surface area (Å²) < 4.78 is 62.3. The lowest BCUT2D eigenvalue weighted by Crippen LogP contribution is -2.37. The van der Waals surface area contributed by atoms with Crippen LogP contribution in [-0.2, 0) is 23.1 Å². The smallest absolute Gasteiger partial charge is 0.402 e. The highest BCUT2D eigenvalue weighted by Gasteiger charge is 2.31. The Kier molecular flexibility index (Phi) is 4.17. The van der Waals surface area contributed by atoms with Crippen molar-refractivity contribution in [1.82, 2.24) is 4.72 Å². The molecular formula is C10H11F3N2O4S2. The zero-order valence-corrected chi connectivity index (χ0v) is 12.1. The topological polar surface area (TPSA) is 95.5 Å². The van der Waals surface area contributed by atoms with E-state index in [0.717, 1.165) is 22.6 Å². The molecule has 0 unspecified atom stereocenters. The van der Waals surface area contributed by atoms with E-state index in [1.165, 1.54) is 4.72 Å². The van der Waals surface area contributed by atoms with Gasteiger partial charge in [-0.25, -0.2) is 4.79 Å². The Balaban J connectivity index is 2.22. The highest BCUT2D eigenvalue weighted by atomic mass is 32.2. The number of aryl methyl sites for hydroxylation is 1. The Hall–Kier alpha value is -1.33. The molecular weight excluding hydrogens is 333 g/mol. The van der Waals surface area contributed by atoms with Crippen molar-refractivity contribution in [2.45, 2.75) is 25.4 Å². The first-order valence-electron chi connectivity index (χ1n) is 5.81. The zero-order chi connectivity index (χ0) is 15.8. The van der Waals surface area contributed by atoms with E-state index >= 15 is 0 Å². The second kappa shape index (κ2) is 5.46. The van der Waals surface area contributed by atoms with Crippen LogP contribution in [0.4, 0.5) is 18.2 Å². The summed E-state index contributed by atoms with van der Waals surface area (Å²) in [5, 5.41) is 8.98. The Labute approximate surface area is 122 Å². The van der Waals surface area contributed by atoms with Crippen LogP contribution in [0, 0.1) is 0 Å². The van der Waals surface area contributed by atoms with Crippen LogP contribution in [0.5, 0.6) is 0 Å². The number of aromatic carboxylic acids is 1. The summed E-state index contributed by atoms with van der Waals surface area (Å²) in [5.74, 6) is -1.30. The first-order valence-corrected chi connectivity index (χ1v) is 8.11. The fraction of sp³-hybridized carbons (Fsp3) is 0.500.